The third-order valence-electron chi connectivity index (χ3n) is 16.3. The smallest absolute Gasteiger partial charge is 0.0725 e. The average Bonchev–Trinajstić information content (AvgIpc) is 4.02. The van der Waals surface area contributed by atoms with E-state index in [1.165, 1.54) is 111 Å². The number of para-hydroxylation sites is 1. The molecule has 0 bridgehead atoms. The fraction of sp³-hybridized carbons (Fsp3) is 0.104. The summed E-state index contributed by atoms with van der Waals surface area (Å²) in [6.45, 7) is 9.47. The molecule has 10 aromatic rings. The van der Waals surface area contributed by atoms with Crippen LogP contribution in [-0.4, -0.2) is 0 Å². The van der Waals surface area contributed by atoms with Gasteiger partial charge in [0.1, 0.15) is 0 Å². The molecule has 1 nitrogen and oxygen atoms in total. The van der Waals surface area contributed by atoms with Crippen LogP contribution in [0.5, 0.6) is 0 Å². The Hall–Kier alpha value is -8.00. The maximum Gasteiger partial charge on any atom is 0.0725 e. The van der Waals surface area contributed by atoms with Crippen LogP contribution in [0.15, 0.2) is 224 Å². The molecule has 10 aromatic carbocycles. The minimum Gasteiger partial charge on any atom is -0.310 e. The molecule has 14 rings (SSSR count). The Balaban J connectivity index is 0.932. The molecule has 0 saturated carbocycles. The summed E-state index contributed by atoms with van der Waals surface area (Å²) < 4.78 is 0. The lowest BCUT2D eigenvalue weighted by atomic mass is 9.70. The molecule has 0 amide bonds. The van der Waals surface area contributed by atoms with Crippen LogP contribution in [0.1, 0.15) is 72.2 Å². The molecule has 0 saturated heterocycles. The van der Waals surface area contributed by atoms with Crippen LogP contribution >= 0.6 is 0 Å². The fourth-order valence-corrected chi connectivity index (χ4v) is 13.2. The van der Waals surface area contributed by atoms with Crippen molar-refractivity contribution in [1.29, 1.82) is 0 Å². The molecule has 0 fully saturated rings. The first-order chi connectivity index (χ1) is 33.3. The molecule has 4 aliphatic rings. The van der Waals surface area contributed by atoms with Crippen molar-refractivity contribution in [2.75, 3.05) is 4.90 Å². The quantitative estimate of drug-likeness (QED) is 0.167. The minimum atomic E-state index is -0.350. The lowest BCUT2D eigenvalue weighted by molar-refractivity contribution is 0.660. The summed E-state index contributed by atoms with van der Waals surface area (Å²) in [4.78, 5) is 2.50. The topological polar surface area (TPSA) is 3.24 Å². The molecule has 0 radical (unpaired) electrons. The second kappa shape index (κ2) is 14.0. The zero-order valence-electron chi connectivity index (χ0n) is 38.8. The van der Waals surface area contributed by atoms with Gasteiger partial charge < -0.3 is 4.90 Å². The summed E-state index contributed by atoms with van der Waals surface area (Å²) >= 11 is 0. The number of hydrogen-bond acceptors (Lipinski definition) is 1. The molecular weight excluding hydrogens is 819 g/mol. The Morgan fingerprint density at radius 1 is 0.265 bits per heavy atom. The van der Waals surface area contributed by atoms with Crippen LogP contribution in [0.3, 0.4) is 0 Å². The molecule has 0 N–H and O–H groups in total. The van der Waals surface area contributed by atoms with E-state index in [1.54, 1.807) is 0 Å². The Morgan fingerprint density at radius 2 is 0.662 bits per heavy atom. The van der Waals surface area contributed by atoms with Crippen molar-refractivity contribution in [3.8, 4) is 66.8 Å². The Morgan fingerprint density at radius 3 is 1.31 bits per heavy atom. The van der Waals surface area contributed by atoms with Crippen LogP contribution < -0.4 is 4.90 Å². The molecule has 0 unspecified atom stereocenters. The third kappa shape index (κ3) is 5.11. The van der Waals surface area contributed by atoms with E-state index in [2.05, 4.69) is 257 Å². The van der Waals surface area contributed by atoms with Crippen LogP contribution in [0.2, 0.25) is 0 Å². The summed E-state index contributed by atoms with van der Waals surface area (Å²) in [5.41, 5.74) is 29.3. The van der Waals surface area contributed by atoms with E-state index in [1.807, 2.05) is 0 Å². The lowest BCUT2D eigenvalue weighted by Crippen LogP contribution is -2.25. The molecule has 0 atom stereocenters. The first kappa shape index (κ1) is 39.2. The van der Waals surface area contributed by atoms with Crippen LogP contribution in [-0.2, 0) is 16.2 Å². The van der Waals surface area contributed by atoms with Crippen LogP contribution in [0.25, 0.3) is 66.8 Å². The number of fused-ring (bicyclic) bond motifs is 16. The minimum absolute atomic E-state index is 0.0832. The van der Waals surface area contributed by atoms with E-state index in [4.69, 9.17) is 0 Å². The SMILES string of the molecule is CC1(C)c2ccccc2-c2cc(N(c3ccc(-c4ccc5c(c4)-c4ccccc4C54c5ccccc5-c5ccccc54)cc3)c3ccccc3-c3cccc4c3-c3ccccc3C4(C)C)ccc21. The van der Waals surface area contributed by atoms with Crippen molar-refractivity contribution in [1.82, 2.24) is 0 Å². The highest BCUT2D eigenvalue weighted by Gasteiger charge is 2.51. The van der Waals surface area contributed by atoms with Gasteiger partial charge in [0.2, 0.25) is 0 Å². The highest BCUT2D eigenvalue weighted by Crippen LogP contribution is 2.63. The maximum atomic E-state index is 2.50. The Labute approximate surface area is 399 Å². The number of rotatable bonds is 5. The molecule has 1 spiro atoms. The van der Waals surface area contributed by atoms with Crippen molar-refractivity contribution >= 4 is 17.1 Å². The monoisotopic (exact) mass is 867 g/mol. The summed E-state index contributed by atoms with van der Waals surface area (Å²) in [5.74, 6) is 0. The highest BCUT2D eigenvalue weighted by molar-refractivity contribution is 6.00. The standard InChI is InChI=1S/C67H49N/c1-65(2)55-25-11-5-20-48(55)54-41-45(37-39-57(54)65)68(63-31-16-10-22-50(63)51-24-17-30-62-64(51)52-23-9-12-26-56(52)66(62,3)4)44-35-32-42(33-36-44)43-34-38-61-53(40-43)49-21-8-15-29-60(49)67(61)58-27-13-6-18-46(58)47-19-7-14-28-59(47)67/h5-41H,1-4H3. The van der Waals surface area contributed by atoms with Gasteiger partial charge in [-0.2, -0.15) is 0 Å². The van der Waals surface area contributed by atoms with Gasteiger partial charge in [0, 0.05) is 27.8 Å². The predicted octanol–water partition coefficient (Wildman–Crippen LogP) is 17.4. The van der Waals surface area contributed by atoms with Gasteiger partial charge in [-0.3, -0.25) is 0 Å². The van der Waals surface area contributed by atoms with Gasteiger partial charge in [-0.15, -0.1) is 0 Å². The summed E-state index contributed by atoms with van der Waals surface area (Å²) in [7, 11) is 0. The van der Waals surface area contributed by atoms with Gasteiger partial charge in [0.15, 0.2) is 0 Å². The summed E-state index contributed by atoms with van der Waals surface area (Å²) in [5, 5.41) is 0. The molecular formula is C67H49N. The highest BCUT2D eigenvalue weighted by atomic mass is 15.1. The molecule has 4 aliphatic carbocycles. The number of nitrogens with zero attached hydrogens (tertiary/aromatic N) is 1. The summed E-state index contributed by atoms with van der Waals surface area (Å²) in [6.07, 6.45) is 0. The largest absolute Gasteiger partial charge is 0.310 e. The predicted molar refractivity (Wildman–Crippen MR) is 283 cm³/mol. The van der Waals surface area contributed by atoms with E-state index < -0.39 is 0 Å². The molecule has 0 aliphatic heterocycles. The molecule has 0 heterocycles. The first-order valence-corrected chi connectivity index (χ1v) is 24.2. The van der Waals surface area contributed by atoms with Gasteiger partial charge in [-0.1, -0.05) is 216 Å². The van der Waals surface area contributed by atoms with E-state index >= 15 is 0 Å². The van der Waals surface area contributed by atoms with Crippen molar-refractivity contribution in [2.45, 2.75) is 43.9 Å². The average molecular weight is 868 g/mol. The van der Waals surface area contributed by atoms with Gasteiger partial charge in [0.05, 0.1) is 11.1 Å². The second-order valence-corrected chi connectivity index (χ2v) is 20.3. The van der Waals surface area contributed by atoms with Crippen molar-refractivity contribution < 1.29 is 0 Å². The lowest BCUT2D eigenvalue weighted by Gasteiger charge is -2.30. The van der Waals surface area contributed by atoms with Crippen LogP contribution in [0, 0.1) is 0 Å². The summed E-state index contributed by atoms with van der Waals surface area (Å²) in [6, 6.07) is 84.8. The normalized spacial score (nSPS) is 15.1. The molecule has 322 valence electrons. The van der Waals surface area contributed by atoms with E-state index in [0.717, 1.165) is 17.1 Å². The zero-order valence-corrected chi connectivity index (χ0v) is 38.8. The fourth-order valence-electron chi connectivity index (χ4n) is 13.2. The first-order valence-electron chi connectivity index (χ1n) is 24.2. The van der Waals surface area contributed by atoms with Crippen molar-refractivity contribution in [3.05, 3.63) is 269 Å². The van der Waals surface area contributed by atoms with E-state index in [9.17, 15) is 0 Å². The number of hydrogen-bond donors (Lipinski definition) is 0. The van der Waals surface area contributed by atoms with Gasteiger partial charge in [0.25, 0.3) is 0 Å². The third-order valence-corrected chi connectivity index (χ3v) is 16.3. The maximum absolute atomic E-state index is 2.50. The van der Waals surface area contributed by atoms with Gasteiger partial charge in [-0.05, 0) is 142 Å². The van der Waals surface area contributed by atoms with E-state index in [0.29, 0.717) is 0 Å². The Kier molecular flexibility index (Phi) is 8.08. The zero-order chi connectivity index (χ0) is 45.5. The van der Waals surface area contributed by atoms with E-state index in [-0.39, 0.29) is 16.2 Å². The molecule has 0 aromatic heterocycles. The van der Waals surface area contributed by atoms with Crippen LogP contribution in [0.4, 0.5) is 17.1 Å². The molecule has 1 heteroatoms. The number of benzene rings is 10. The Bertz CT molecular complexity index is 3700. The van der Waals surface area contributed by atoms with Crippen molar-refractivity contribution in [3.63, 3.8) is 0 Å². The second-order valence-electron chi connectivity index (χ2n) is 20.3. The van der Waals surface area contributed by atoms with Crippen molar-refractivity contribution in [2.24, 2.45) is 0 Å². The van der Waals surface area contributed by atoms with Gasteiger partial charge in [-0.25, -0.2) is 0 Å². The van der Waals surface area contributed by atoms with Gasteiger partial charge >= 0.3 is 0 Å². The number of anilines is 3. The molecule has 68 heavy (non-hydrogen) atoms.